The lowest BCUT2D eigenvalue weighted by molar-refractivity contribution is -0.133. The lowest BCUT2D eigenvalue weighted by Gasteiger charge is -2.44. The van der Waals surface area contributed by atoms with Crippen molar-refractivity contribution < 1.29 is 51.2 Å². The molecular weight excluding hydrogens is 1160 g/mol. The van der Waals surface area contributed by atoms with E-state index in [1.807, 2.05) is 147 Å². The highest BCUT2D eigenvalue weighted by Crippen LogP contribution is 2.79. The van der Waals surface area contributed by atoms with Crippen molar-refractivity contribution in [3.05, 3.63) is 265 Å². The molecule has 2 saturated carbocycles. The fourth-order valence-electron chi connectivity index (χ4n) is 15.8. The zero-order valence-electron chi connectivity index (χ0n) is 49.0. The largest absolute Gasteiger partial charge is 0.298 e. The van der Waals surface area contributed by atoms with Gasteiger partial charge in [0.2, 0.25) is 17.6 Å². The Morgan fingerprint density at radius 1 is 0.393 bits per heavy atom. The van der Waals surface area contributed by atoms with Crippen LogP contribution in [0.25, 0.3) is 22.3 Å². The molecule has 7 aliphatic rings. The third-order valence-electron chi connectivity index (χ3n) is 19.2. The van der Waals surface area contributed by atoms with Gasteiger partial charge in [0.1, 0.15) is 0 Å². The molecule has 0 radical (unpaired) electrons. The van der Waals surface area contributed by atoms with Gasteiger partial charge in [0.15, 0.2) is 30.9 Å². The van der Waals surface area contributed by atoms with E-state index in [-0.39, 0.29) is 29.6 Å². The highest BCUT2D eigenvalue weighted by molar-refractivity contribution is 7.94. The van der Waals surface area contributed by atoms with Crippen LogP contribution in [0.3, 0.4) is 0 Å². The molecule has 3 saturated heterocycles. The van der Waals surface area contributed by atoms with Crippen molar-refractivity contribution in [2.75, 3.05) is 9.80 Å². The summed E-state index contributed by atoms with van der Waals surface area (Å²) < 4.78 is 41.0. The number of rotatable bonds is 10. The van der Waals surface area contributed by atoms with Crippen LogP contribution in [0.15, 0.2) is 252 Å². The van der Waals surface area contributed by atoms with Gasteiger partial charge < -0.3 is 0 Å². The Labute approximate surface area is 520 Å². The molecule has 0 N–H and O–H groups in total. The van der Waals surface area contributed by atoms with E-state index in [4.69, 9.17) is 0 Å². The number of hydrogen-bond acceptors (Lipinski definition) is 11. The molecule has 9 unspecified atom stereocenters. The monoisotopic (exact) mass is 1220 g/mol. The van der Waals surface area contributed by atoms with E-state index in [1.165, 1.54) is 17.0 Å². The highest BCUT2D eigenvalue weighted by Gasteiger charge is 2.91. The minimum absolute atomic E-state index is 0. The van der Waals surface area contributed by atoms with E-state index in [0.29, 0.717) is 38.4 Å². The molecule has 0 spiro atoms. The van der Waals surface area contributed by atoms with E-state index in [0.717, 1.165) is 21.6 Å². The molecule has 448 valence electrons. The van der Waals surface area contributed by atoms with Gasteiger partial charge in [-0.15, -0.1) is 0 Å². The number of fused-ring (bicyclic) bond motifs is 10. The molecule has 3 aliphatic heterocycles. The van der Waals surface area contributed by atoms with Crippen LogP contribution in [0.2, 0.25) is 0 Å². The predicted octanol–water partition coefficient (Wildman–Crippen LogP) is 12.9. The Morgan fingerprint density at radius 2 is 0.697 bits per heavy atom. The smallest absolute Gasteiger partial charge is 0.257 e. The summed E-state index contributed by atoms with van der Waals surface area (Å²) in [4.78, 5) is 100. The molecule has 15 heteroatoms. The quantitative estimate of drug-likeness (QED) is 0.0721. The van der Waals surface area contributed by atoms with Gasteiger partial charge in [-0.2, -0.15) is 9.78 Å². The van der Waals surface area contributed by atoms with Crippen LogP contribution >= 0.6 is 0 Å². The number of carbonyl (C=O) groups is 6. The standard InChI is InChI=1S/C35H27NO5S.C35H27NO4S.C3H6O2.CH4/c1-33-27(23-15-7-3-8-16-23)28(24-17-9-4-10-18-24)34(2,31(33)38)35(42(40,41)26-21-13-6-14-22-26)29(33)30(37)36(32(35)39)25-19-11-5-12-20-25;1-33-27(23-15-7-3-8-16-23)28(24-17-9-4-10-18-24)34(2,31(33)38)35(41(40)26-21-13-6-14-22-26)29(33)30(37)36(32(35)39)25-19-11-5-12-20-25;1-3(2)4-5-3;/h3-22,29H,1-2H3;3-22,29H,1-2H3;1-2H3;1H4. The Hall–Kier alpha value is -9.12. The van der Waals surface area contributed by atoms with E-state index < -0.39 is 93.0 Å². The van der Waals surface area contributed by atoms with Crippen molar-refractivity contribution in [3.8, 4) is 0 Å². The minimum atomic E-state index is -4.63. The van der Waals surface area contributed by atoms with Gasteiger partial charge >= 0.3 is 0 Å². The molecule has 4 amide bonds. The van der Waals surface area contributed by atoms with Crippen molar-refractivity contribution in [2.24, 2.45) is 33.5 Å². The number of para-hydroxylation sites is 2. The SMILES string of the molecule is C.CC1(C)OO1.CC12C(=O)C(C)(C(c3ccccc3)=C1c1ccccc1)C1(S(=O)(=O)c3ccccc3)C(=O)N(c3ccccc3)C(=O)C21.CC12C(=O)C(C)(C(c3ccccc3)=C1c1ccccc1)C1(S(=O)c3ccccc3)C(=O)N(c3ccccc3)C(=O)C21. The molecule has 8 aromatic carbocycles. The first-order valence-corrected chi connectivity index (χ1v) is 31.6. The van der Waals surface area contributed by atoms with Crippen LogP contribution in [0.5, 0.6) is 0 Å². The first-order chi connectivity index (χ1) is 42.1. The average molecular weight is 1220 g/mol. The zero-order chi connectivity index (χ0) is 62.0. The van der Waals surface area contributed by atoms with Gasteiger partial charge in [-0.25, -0.2) is 18.2 Å². The number of allylic oxidation sites excluding steroid dienone is 4. The van der Waals surface area contributed by atoms with Gasteiger partial charge in [0.05, 0.1) is 60.6 Å². The summed E-state index contributed by atoms with van der Waals surface area (Å²) in [6.07, 6.45) is 0. The van der Waals surface area contributed by atoms with Crippen LogP contribution in [0, 0.1) is 33.5 Å². The van der Waals surface area contributed by atoms with Gasteiger partial charge in [-0.05, 0) is 135 Å². The third-order valence-corrected chi connectivity index (χ3v) is 23.9. The van der Waals surface area contributed by atoms with Crippen LogP contribution in [0.1, 0.15) is 71.2 Å². The zero-order valence-corrected chi connectivity index (χ0v) is 50.6. The first kappa shape index (κ1) is 60.2. The number of hydrogen-bond donors (Lipinski definition) is 0. The number of amides is 4. The number of sulfone groups is 1. The summed E-state index contributed by atoms with van der Waals surface area (Å²) in [5.41, 5.74) is -0.427. The summed E-state index contributed by atoms with van der Waals surface area (Å²) in [5, 5.41) is 0. The molecule has 8 aromatic rings. The molecular formula is C74H64N2O11S2. The van der Waals surface area contributed by atoms with Crippen molar-refractivity contribution in [2.45, 2.75) is 74.0 Å². The molecule has 4 bridgehead atoms. The molecule has 3 heterocycles. The van der Waals surface area contributed by atoms with E-state index in [1.54, 1.807) is 125 Å². The van der Waals surface area contributed by atoms with Crippen molar-refractivity contribution in [1.82, 2.24) is 0 Å². The summed E-state index contributed by atoms with van der Waals surface area (Å²) in [5.74, 6) is -6.25. The second-order valence-electron chi connectivity index (χ2n) is 24.2. The van der Waals surface area contributed by atoms with Gasteiger partial charge in [0.25, 0.3) is 11.8 Å². The Kier molecular flexibility index (Phi) is 14.4. The maximum atomic E-state index is 15.1. The molecule has 13 nitrogen and oxygen atoms in total. The Morgan fingerprint density at radius 3 is 1.09 bits per heavy atom. The summed E-state index contributed by atoms with van der Waals surface area (Å²) >= 11 is 0. The molecule has 0 aromatic heterocycles. The van der Waals surface area contributed by atoms with Gasteiger partial charge in [-0.1, -0.05) is 202 Å². The normalized spacial score (nSPS) is 28.6. The maximum Gasteiger partial charge on any atom is 0.257 e. The first-order valence-electron chi connectivity index (χ1n) is 29.0. The summed E-state index contributed by atoms with van der Waals surface area (Å²) in [6, 6.07) is 71.1. The van der Waals surface area contributed by atoms with Crippen molar-refractivity contribution in [3.63, 3.8) is 0 Å². The van der Waals surface area contributed by atoms with Crippen molar-refractivity contribution in [1.29, 1.82) is 0 Å². The number of anilines is 2. The van der Waals surface area contributed by atoms with Crippen molar-refractivity contribution >= 4 is 89.5 Å². The lowest BCUT2D eigenvalue weighted by atomic mass is 9.62. The minimum Gasteiger partial charge on any atom is -0.298 e. The van der Waals surface area contributed by atoms with E-state index >= 15 is 12.6 Å². The van der Waals surface area contributed by atoms with Crippen LogP contribution in [0.4, 0.5) is 11.4 Å². The maximum absolute atomic E-state index is 15.1. The Balaban J connectivity index is 0.000000158. The third kappa shape index (κ3) is 7.90. The number of ketones is 2. The molecule has 15 rings (SSSR count). The number of Topliss-reactive ketones (excluding diaryl/α,β-unsaturated/α-hetero) is 2. The molecule has 5 fully saturated rings. The molecule has 9 atom stereocenters. The highest BCUT2D eigenvalue weighted by atomic mass is 32.2. The second-order valence-corrected chi connectivity index (χ2v) is 28.0. The van der Waals surface area contributed by atoms with Gasteiger partial charge in [0, 0.05) is 4.90 Å². The Bertz CT molecular complexity index is 4410. The fraction of sp³-hybridized carbons (Fsp3) is 0.216. The number of carbonyl (C=O) groups excluding carboxylic acids is 6. The summed E-state index contributed by atoms with van der Waals surface area (Å²) in [6.45, 7) is 10.4. The molecule has 4 aliphatic carbocycles. The average Bonchev–Trinajstić information content (AvgIpc) is 1.46. The van der Waals surface area contributed by atoms with Crippen LogP contribution < -0.4 is 9.80 Å². The molecule has 89 heavy (non-hydrogen) atoms. The van der Waals surface area contributed by atoms with E-state index in [9.17, 15) is 28.8 Å². The predicted molar refractivity (Wildman–Crippen MR) is 342 cm³/mol. The summed E-state index contributed by atoms with van der Waals surface area (Å²) in [7, 11) is -6.68. The second kappa shape index (κ2) is 21.3. The number of benzene rings is 8. The van der Waals surface area contributed by atoms with Crippen LogP contribution in [-0.4, -0.2) is 63.1 Å². The fourth-order valence-corrected chi connectivity index (χ4v) is 20.5. The van der Waals surface area contributed by atoms with E-state index in [2.05, 4.69) is 9.78 Å². The lowest BCUT2D eigenvalue weighted by Crippen LogP contribution is -2.60. The van der Waals surface area contributed by atoms with Gasteiger partial charge in [-0.3, -0.25) is 33.0 Å². The topological polar surface area (TPSA) is 185 Å². The number of imide groups is 2. The number of nitrogens with zero attached hydrogens (tertiary/aromatic N) is 2. The van der Waals surface area contributed by atoms with Crippen LogP contribution in [-0.2, 0) is 59.2 Å².